The lowest BCUT2D eigenvalue weighted by molar-refractivity contribution is -0.139. The maximum absolute atomic E-state index is 12.9. The number of benzene rings is 1. The van der Waals surface area contributed by atoms with Crippen LogP contribution in [0.4, 0.5) is 0 Å². The molecule has 0 aromatic heterocycles. The molecule has 1 unspecified atom stereocenters. The standard InChI is InChI=1S/C21H31N5O5S/c1-24(2)32(30,31)25(3)14-20(28)22-13-18-17-7-5-4-6-15(17)10-11-26(18)21(29)12-19(27)23-16-8-9-16/h4-7,16,18H,8-14H2,1-3H3,(H,22,28)(H,23,27). The van der Waals surface area contributed by atoms with E-state index in [0.717, 1.165) is 32.6 Å². The molecule has 2 aliphatic rings. The summed E-state index contributed by atoms with van der Waals surface area (Å²) in [6.07, 6.45) is 2.33. The Labute approximate surface area is 189 Å². The lowest BCUT2D eigenvalue weighted by Gasteiger charge is -2.37. The molecule has 176 valence electrons. The highest BCUT2D eigenvalue weighted by Gasteiger charge is 2.33. The monoisotopic (exact) mass is 465 g/mol. The third-order valence-corrected chi connectivity index (χ3v) is 7.54. The van der Waals surface area contributed by atoms with Gasteiger partial charge in [0.15, 0.2) is 0 Å². The summed E-state index contributed by atoms with van der Waals surface area (Å²) in [6.45, 7) is 0.232. The first-order valence-electron chi connectivity index (χ1n) is 10.7. The van der Waals surface area contributed by atoms with Gasteiger partial charge in [0.25, 0.3) is 10.2 Å². The number of hydrogen-bond acceptors (Lipinski definition) is 5. The van der Waals surface area contributed by atoms with E-state index in [1.807, 2.05) is 24.3 Å². The van der Waals surface area contributed by atoms with Crippen LogP contribution in [0.5, 0.6) is 0 Å². The molecule has 32 heavy (non-hydrogen) atoms. The number of fused-ring (bicyclic) bond motifs is 1. The van der Waals surface area contributed by atoms with E-state index in [9.17, 15) is 22.8 Å². The van der Waals surface area contributed by atoms with Gasteiger partial charge < -0.3 is 15.5 Å². The zero-order valence-corrected chi connectivity index (χ0v) is 19.5. The van der Waals surface area contributed by atoms with Gasteiger partial charge in [0.2, 0.25) is 17.7 Å². The van der Waals surface area contributed by atoms with E-state index in [4.69, 9.17) is 0 Å². The first-order chi connectivity index (χ1) is 15.1. The molecule has 1 aromatic rings. The smallest absolute Gasteiger partial charge is 0.281 e. The van der Waals surface area contributed by atoms with Crippen molar-refractivity contribution in [3.05, 3.63) is 35.4 Å². The molecule has 10 nitrogen and oxygen atoms in total. The fourth-order valence-corrected chi connectivity index (χ4v) is 4.58. The molecular weight excluding hydrogens is 434 g/mol. The maximum Gasteiger partial charge on any atom is 0.281 e. The van der Waals surface area contributed by atoms with Crippen LogP contribution in [0.15, 0.2) is 24.3 Å². The fourth-order valence-electron chi connectivity index (χ4n) is 3.74. The van der Waals surface area contributed by atoms with Crippen LogP contribution in [0.1, 0.15) is 36.4 Å². The zero-order valence-electron chi connectivity index (χ0n) is 18.7. The highest BCUT2D eigenvalue weighted by molar-refractivity contribution is 7.86. The molecule has 1 aliphatic heterocycles. The maximum atomic E-state index is 12.9. The van der Waals surface area contributed by atoms with Crippen LogP contribution in [-0.2, 0) is 31.0 Å². The van der Waals surface area contributed by atoms with Crippen molar-refractivity contribution in [2.24, 2.45) is 0 Å². The normalized spacial score (nSPS) is 18.4. The Kier molecular flexibility index (Phi) is 7.52. The van der Waals surface area contributed by atoms with E-state index < -0.39 is 22.2 Å². The predicted molar refractivity (Wildman–Crippen MR) is 119 cm³/mol. The van der Waals surface area contributed by atoms with E-state index in [2.05, 4.69) is 10.6 Å². The van der Waals surface area contributed by atoms with Gasteiger partial charge in [-0.15, -0.1) is 0 Å². The first-order valence-corrected chi connectivity index (χ1v) is 12.1. The van der Waals surface area contributed by atoms with Crippen LogP contribution in [0.3, 0.4) is 0 Å². The van der Waals surface area contributed by atoms with Crippen LogP contribution in [0.25, 0.3) is 0 Å². The molecule has 0 bridgehead atoms. The van der Waals surface area contributed by atoms with Crippen LogP contribution >= 0.6 is 0 Å². The van der Waals surface area contributed by atoms with Crippen molar-refractivity contribution in [2.45, 2.75) is 37.8 Å². The van der Waals surface area contributed by atoms with E-state index in [1.54, 1.807) is 4.90 Å². The van der Waals surface area contributed by atoms with Gasteiger partial charge in [0.1, 0.15) is 6.42 Å². The summed E-state index contributed by atoms with van der Waals surface area (Å²) in [7, 11) is 0.412. The summed E-state index contributed by atoms with van der Waals surface area (Å²) in [5.41, 5.74) is 2.01. The van der Waals surface area contributed by atoms with E-state index >= 15 is 0 Å². The van der Waals surface area contributed by atoms with Crippen LogP contribution in [-0.4, -0.2) is 86.5 Å². The van der Waals surface area contributed by atoms with Gasteiger partial charge in [0.05, 0.1) is 12.6 Å². The van der Waals surface area contributed by atoms with Crippen molar-refractivity contribution in [1.82, 2.24) is 24.1 Å². The lowest BCUT2D eigenvalue weighted by Crippen LogP contribution is -2.48. The molecule has 2 N–H and O–H groups in total. The Morgan fingerprint density at radius 1 is 1.09 bits per heavy atom. The summed E-state index contributed by atoms with van der Waals surface area (Å²) in [6, 6.07) is 7.46. The van der Waals surface area contributed by atoms with Gasteiger partial charge in [-0.25, -0.2) is 0 Å². The predicted octanol–water partition coefficient (Wildman–Crippen LogP) is -0.364. The second-order valence-corrected chi connectivity index (χ2v) is 10.7. The van der Waals surface area contributed by atoms with Crippen molar-refractivity contribution in [3.63, 3.8) is 0 Å². The van der Waals surface area contributed by atoms with Crippen LogP contribution in [0, 0.1) is 0 Å². The van der Waals surface area contributed by atoms with Crippen molar-refractivity contribution < 1.29 is 22.8 Å². The average Bonchev–Trinajstić information content (AvgIpc) is 3.55. The van der Waals surface area contributed by atoms with Gasteiger partial charge in [-0.05, 0) is 30.4 Å². The largest absolute Gasteiger partial charge is 0.353 e. The minimum absolute atomic E-state index is 0.127. The molecule has 3 amide bonds. The zero-order chi connectivity index (χ0) is 23.5. The minimum Gasteiger partial charge on any atom is -0.353 e. The van der Waals surface area contributed by atoms with Gasteiger partial charge >= 0.3 is 0 Å². The average molecular weight is 466 g/mol. The number of carbonyl (C=O) groups excluding carboxylic acids is 3. The molecule has 3 rings (SSSR count). The Bertz CT molecular complexity index is 977. The number of nitrogens with zero attached hydrogens (tertiary/aromatic N) is 3. The molecule has 11 heteroatoms. The molecular formula is C21H31N5O5S. The molecule has 1 heterocycles. The molecule has 0 radical (unpaired) electrons. The lowest BCUT2D eigenvalue weighted by atomic mass is 9.92. The number of hydrogen-bond donors (Lipinski definition) is 2. The topological polar surface area (TPSA) is 119 Å². The highest BCUT2D eigenvalue weighted by atomic mass is 32.2. The quantitative estimate of drug-likeness (QED) is 0.483. The summed E-state index contributed by atoms with van der Waals surface area (Å²) >= 11 is 0. The molecule has 1 aliphatic carbocycles. The van der Waals surface area contributed by atoms with Crippen molar-refractivity contribution in [3.8, 4) is 0 Å². The van der Waals surface area contributed by atoms with Crippen LogP contribution < -0.4 is 10.6 Å². The SMILES string of the molecule is CN(C)S(=O)(=O)N(C)CC(=O)NCC1c2ccccc2CCN1C(=O)CC(=O)NC1CC1. The Balaban J connectivity index is 1.67. The first kappa shape index (κ1) is 24.1. The number of likely N-dealkylation sites (N-methyl/N-ethyl adjacent to an activating group) is 1. The van der Waals surface area contributed by atoms with Gasteiger partial charge in [-0.2, -0.15) is 17.0 Å². The summed E-state index contributed by atoms with van der Waals surface area (Å²) in [5.74, 6) is -1.04. The van der Waals surface area contributed by atoms with Crippen LogP contribution in [0.2, 0.25) is 0 Å². The van der Waals surface area contributed by atoms with Gasteiger partial charge in [-0.1, -0.05) is 24.3 Å². The molecule has 1 atom stereocenters. The number of amides is 3. The third kappa shape index (κ3) is 5.84. The summed E-state index contributed by atoms with van der Waals surface area (Å²) < 4.78 is 26.3. The fraction of sp³-hybridized carbons (Fsp3) is 0.571. The summed E-state index contributed by atoms with van der Waals surface area (Å²) in [4.78, 5) is 39.2. The van der Waals surface area contributed by atoms with Crippen molar-refractivity contribution in [1.29, 1.82) is 0 Å². The number of nitrogens with one attached hydrogen (secondary N) is 2. The number of rotatable bonds is 9. The Morgan fingerprint density at radius 2 is 1.78 bits per heavy atom. The van der Waals surface area contributed by atoms with E-state index in [1.165, 1.54) is 21.1 Å². The number of carbonyl (C=O) groups is 3. The molecule has 1 aromatic carbocycles. The molecule has 0 saturated heterocycles. The Hall–Kier alpha value is -2.50. The second kappa shape index (κ2) is 9.97. The second-order valence-electron chi connectivity index (χ2n) is 8.42. The third-order valence-electron chi connectivity index (χ3n) is 5.70. The highest BCUT2D eigenvalue weighted by Crippen LogP contribution is 2.30. The Morgan fingerprint density at radius 3 is 2.44 bits per heavy atom. The van der Waals surface area contributed by atoms with Crippen molar-refractivity contribution in [2.75, 3.05) is 40.8 Å². The van der Waals surface area contributed by atoms with Crippen molar-refractivity contribution >= 4 is 27.9 Å². The van der Waals surface area contributed by atoms with Gasteiger partial charge in [0, 0.05) is 40.3 Å². The van der Waals surface area contributed by atoms with E-state index in [0.29, 0.717) is 13.0 Å². The molecule has 1 fully saturated rings. The minimum atomic E-state index is -3.71. The summed E-state index contributed by atoms with van der Waals surface area (Å²) in [5, 5.41) is 5.59. The van der Waals surface area contributed by atoms with Gasteiger partial charge in [-0.3, -0.25) is 14.4 Å². The molecule has 0 spiro atoms. The van der Waals surface area contributed by atoms with E-state index in [-0.39, 0.29) is 37.4 Å². The molecule has 1 saturated carbocycles.